The van der Waals surface area contributed by atoms with Gasteiger partial charge in [-0.1, -0.05) is 49.6 Å². The van der Waals surface area contributed by atoms with Crippen molar-refractivity contribution in [3.63, 3.8) is 0 Å². The summed E-state index contributed by atoms with van der Waals surface area (Å²) in [6.45, 7) is 0. The number of nitrogens with two attached hydrogens (primary N) is 1. The van der Waals surface area contributed by atoms with Crippen LogP contribution in [-0.4, -0.2) is 22.5 Å². The van der Waals surface area contributed by atoms with Crippen LogP contribution in [0.1, 0.15) is 50.1 Å². The number of carbonyl (C=O) groups excluding carboxylic acids is 1. The summed E-state index contributed by atoms with van der Waals surface area (Å²) >= 11 is 0. The number of hydrogen-bond acceptors (Lipinski definition) is 3. The van der Waals surface area contributed by atoms with Gasteiger partial charge in [0.15, 0.2) is 0 Å². The van der Waals surface area contributed by atoms with Crippen molar-refractivity contribution in [2.45, 2.75) is 50.1 Å². The maximum atomic E-state index is 12.2. The Balaban J connectivity index is 1.98. The Morgan fingerprint density at radius 3 is 2.38 bits per heavy atom. The number of aliphatic carboxylic acids is 1. The summed E-state index contributed by atoms with van der Waals surface area (Å²) < 4.78 is 0. The third-order valence-corrected chi connectivity index (χ3v) is 4.13. The van der Waals surface area contributed by atoms with Crippen LogP contribution in [0.2, 0.25) is 0 Å². The summed E-state index contributed by atoms with van der Waals surface area (Å²) in [6.07, 6.45) is 3.77. The molecule has 1 atom stereocenters. The molecule has 5 heteroatoms. The maximum absolute atomic E-state index is 12.2. The standard InChI is InChI=1S/C16H22N2O3/c17-13(12-7-3-1-4-8-12)11-14(19)18-16(15(20)21)9-5-2-6-10-16/h1,3-4,7-8,13H,2,5-6,9-11,17H2,(H,18,19)(H,20,21). The molecule has 1 aliphatic carbocycles. The smallest absolute Gasteiger partial charge is 0.329 e. The van der Waals surface area contributed by atoms with E-state index in [4.69, 9.17) is 5.73 Å². The summed E-state index contributed by atoms with van der Waals surface area (Å²) in [7, 11) is 0. The van der Waals surface area contributed by atoms with Crippen molar-refractivity contribution in [2.24, 2.45) is 5.73 Å². The van der Waals surface area contributed by atoms with Crippen molar-refractivity contribution in [3.8, 4) is 0 Å². The highest BCUT2D eigenvalue weighted by Crippen LogP contribution is 2.29. The molecule has 1 amide bonds. The van der Waals surface area contributed by atoms with Gasteiger partial charge < -0.3 is 16.2 Å². The van der Waals surface area contributed by atoms with Gasteiger partial charge in [0.1, 0.15) is 5.54 Å². The van der Waals surface area contributed by atoms with E-state index in [1.54, 1.807) is 0 Å². The highest BCUT2D eigenvalue weighted by molar-refractivity contribution is 5.87. The Morgan fingerprint density at radius 1 is 1.19 bits per heavy atom. The van der Waals surface area contributed by atoms with E-state index in [1.807, 2.05) is 30.3 Å². The lowest BCUT2D eigenvalue weighted by Crippen LogP contribution is -2.55. The summed E-state index contributed by atoms with van der Waals surface area (Å²) in [5.74, 6) is -1.24. The molecule has 5 nitrogen and oxygen atoms in total. The van der Waals surface area contributed by atoms with Crippen molar-refractivity contribution in [1.82, 2.24) is 5.32 Å². The monoisotopic (exact) mass is 290 g/mol. The molecule has 1 aromatic carbocycles. The number of carboxylic acid groups (broad SMARTS) is 1. The number of benzene rings is 1. The normalized spacial score (nSPS) is 18.7. The van der Waals surface area contributed by atoms with Crippen molar-refractivity contribution < 1.29 is 14.7 Å². The first-order valence-electron chi connectivity index (χ1n) is 7.38. The summed E-state index contributed by atoms with van der Waals surface area (Å²) in [5, 5.41) is 12.2. The molecule has 0 radical (unpaired) electrons. The summed E-state index contributed by atoms with van der Waals surface area (Å²) in [5.41, 5.74) is 5.78. The maximum Gasteiger partial charge on any atom is 0.329 e. The van der Waals surface area contributed by atoms with Crippen molar-refractivity contribution in [3.05, 3.63) is 35.9 Å². The molecule has 0 aromatic heterocycles. The van der Waals surface area contributed by atoms with Crippen LogP contribution in [0.25, 0.3) is 0 Å². The van der Waals surface area contributed by atoms with Crippen LogP contribution >= 0.6 is 0 Å². The molecule has 1 fully saturated rings. The minimum absolute atomic E-state index is 0.0963. The summed E-state index contributed by atoms with van der Waals surface area (Å²) in [6, 6.07) is 8.94. The first-order valence-corrected chi connectivity index (χ1v) is 7.38. The Morgan fingerprint density at radius 2 is 1.81 bits per heavy atom. The molecule has 2 rings (SSSR count). The van der Waals surface area contributed by atoms with Crippen molar-refractivity contribution >= 4 is 11.9 Å². The van der Waals surface area contributed by atoms with Gasteiger partial charge in [0.2, 0.25) is 5.91 Å². The second-order valence-corrected chi connectivity index (χ2v) is 5.72. The third kappa shape index (κ3) is 3.82. The molecule has 0 bridgehead atoms. The fourth-order valence-electron chi connectivity index (χ4n) is 2.88. The largest absolute Gasteiger partial charge is 0.480 e. The molecule has 1 saturated carbocycles. The lowest BCUT2D eigenvalue weighted by atomic mass is 9.81. The number of carboxylic acids is 1. The minimum atomic E-state index is -1.11. The highest BCUT2D eigenvalue weighted by Gasteiger charge is 2.40. The molecule has 0 saturated heterocycles. The second-order valence-electron chi connectivity index (χ2n) is 5.72. The zero-order valence-electron chi connectivity index (χ0n) is 12.0. The first kappa shape index (κ1) is 15.5. The Bertz CT molecular complexity index is 496. The molecule has 1 aromatic rings. The van der Waals surface area contributed by atoms with Crippen LogP contribution in [0.3, 0.4) is 0 Å². The lowest BCUT2D eigenvalue weighted by Gasteiger charge is -2.34. The number of nitrogens with one attached hydrogen (secondary N) is 1. The van der Waals surface area contributed by atoms with Crippen molar-refractivity contribution in [2.75, 3.05) is 0 Å². The molecule has 1 unspecified atom stereocenters. The number of carbonyl (C=O) groups is 2. The molecule has 114 valence electrons. The van der Waals surface area contributed by atoms with E-state index in [9.17, 15) is 14.7 Å². The van der Waals surface area contributed by atoms with Gasteiger partial charge in [-0.05, 0) is 18.4 Å². The number of hydrogen-bond donors (Lipinski definition) is 3. The van der Waals surface area contributed by atoms with Crippen LogP contribution in [-0.2, 0) is 9.59 Å². The van der Waals surface area contributed by atoms with Crippen LogP contribution in [0, 0.1) is 0 Å². The van der Waals surface area contributed by atoms with E-state index in [1.165, 1.54) is 0 Å². The number of amides is 1. The van der Waals surface area contributed by atoms with E-state index < -0.39 is 17.6 Å². The van der Waals surface area contributed by atoms with Gasteiger partial charge in [-0.2, -0.15) is 0 Å². The highest BCUT2D eigenvalue weighted by atomic mass is 16.4. The average molecular weight is 290 g/mol. The van der Waals surface area contributed by atoms with E-state index in [0.717, 1.165) is 24.8 Å². The number of rotatable bonds is 5. The van der Waals surface area contributed by atoms with Gasteiger partial charge in [0.25, 0.3) is 0 Å². The van der Waals surface area contributed by atoms with E-state index in [2.05, 4.69) is 5.32 Å². The van der Waals surface area contributed by atoms with Gasteiger partial charge in [-0.25, -0.2) is 4.79 Å². The topological polar surface area (TPSA) is 92.4 Å². The lowest BCUT2D eigenvalue weighted by molar-refractivity contribution is -0.149. The zero-order chi connectivity index (χ0) is 15.3. The van der Waals surface area contributed by atoms with Gasteiger partial charge in [-0.3, -0.25) is 4.79 Å². The van der Waals surface area contributed by atoms with Gasteiger partial charge >= 0.3 is 5.97 Å². The molecule has 0 spiro atoms. The van der Waals surface area contributed by atoms with E-state index in [-0.39, 0.29) is 12.3 Å². The van der Waals surface area contributed by atoms with Crippen LogP contribution in [0.15, 0.2) is 30.3 Å². The van der Waals surface area contributed by atoms with E-state index >= 15 is 0 Å². The van der Waals surface area contributed by atoms with Gasteiger partial charge in [0.05, 0.1) is 0 Å². The van der Waals surface area contributed by atoms with Crippen LogP contribution in [0.5, 0.6) is 0 Å². The Hall–Kier alpha value is -1.88. The predicted molar refractivity (Wildman–Crippen MR) is 79.6 cm³/mol. The molecular formula is C16H22N2O3. The fourth-order valence-corrected chi connectivity index (χ4v) is 2.88. The molecule has 4 N–H and O–H groups in total. The van der Waals surface area contributed by atoms with Crippen LogP contribution in [0.4, 0.5) is 0 Å². The Kier molecular flexibility index (Phi) is 4.96. The average Bonchev–Trinajstić information content (AvgIpc) is 2.48. The minimum Gasteiger partial charge on any atom is -0.480 e. The SMILES string of the molecule is NC(CC(=O)NC1(C(=O)O)CCCCC1)c1ccccc1. The van der Waals surface area contributed by atoms with E-state index in [0.29, 0.717) is 12.8 Å². The second kappa shape index (κ2) is 6.72. The third-order valence-electron chi connectivity index (χ3n) is 4.13. The first-order chi connectivity index (χ1) is 10.0. The molecule has 21 heavy (non-hydrogen) atoms. The Labute approximate surface area is 124 Å². The van der Waals surface area contributed by atoms with Gasteiger partial charge in [0, 0.05) is 12.5 Å². The molecule has 0 heterocycles. The van der Waals surface area contributed by atoms with Crippen LogP contribution < -0.4 is 11.1 Å². The molecular weight excluding hydrogens is 268 g/mol. The quantitative estimate of drug-likeness (QED) is 0.773. The fraction of sp³-hybridized carbons (Fsp3) is 0.500. The molecule has 1 aliphatic rings. The predicted octanol–water partition coefficient (Wildman–Crippen LogP) is 1.98. The molecule has 0 aliphatic heterocycles. The summed E-state index contributed by atoms with van der Waals surface area (Å²) in [4.78, 5) is 23.7. The zero-order valence-corrected chi connectivity index (χ0v) is 12.0. The van der Waals surface area contributed by atoms with Gasteiger partial charge in [-0.15, -0.1) is 0 Å². The van der Waals surface area contributed by atoms with Crippen molar-refractivity contribution in [1.29, 1.82) is 0 Å².